The Kier molecular flexibility index (Phi) is 4.50. The van der Waals surface area contributed by atoms with Gasteiger partial charge in [-0.1, -0.05) is 6.07 Å². The lowest BCUT2D eigenvalue weighted by Crippen LogP contribution is -2.48. The minimum absolute atomic E-state index is 0.0522. The SMILES string of the molecule is CC(C)N1CCN(Cc2cccnc2C(=N)N)CC1. The molecule has 0 radical (unpaired) electrons. The normalized spacial score (nSPS) is 17.8. The van der Waals surface area contributed by atoms with Gasteiger partial charge < -0.3 is 5.73 Å². The van der Waals surface area contributed by atoms with Crippen LogP contribution in [-0.4, -0.2) is 52.8 Å². The fourth-order valence-electron chi connectivity index (χ4n) is 2.49. The van der Waals surface area contributed by atoms with Crippen LogP contribution in [0.25, 0.3) is 0 Å². The molecule has 5 nitrogen and oxygen atoms in total. The van der Waals surface area contributed by atoms with Crippen LogP contribution in [0.2, 0.25) is 0 Å². The zero-order valence-electron chi connectivity index (χ0n) is 11.8. The van der Waals surface area contributed by atoms with Crippen molar-refractivity contribution >= 4 is 5.84 Å². The van der Waals surface area contributed by atoms with E-state index in [-0.39, 0.29) is 5.84 Å². The van der Waals surface area contributed by atoms with Gasteiger partial charge in [-0.25, -0.2) is 0 Å². The van der Waals surface area contributed by atoms with Gasteiger partial charge in [0.15, 0.2) is 0 Å². The summed E-state index contributed by atoms with van der Waals surface area (Å²) in [7, 11) is 0. The van der Waals surface area contributed by atoms with Crippen LogP contribution in [0.15, 0.2) is 18.3 Å². The molecule has 0 bridgehead atoms. The molecule has 1 aromatic rings. The molecule has 1 aromatic heterocycles. The van der Waals surface area contributed by atoms with Gasteiger partial charge in [-0.15, -0.1) is 0 Å². The van der Waals surface area contributed by atoms with Gasteiger partial charge >= 0.3 is 0 Å². The predicted octanol–water partition coefficient (Wildman–Crippen LogP) is 0.892. The maximum atomic E-state index is 7.57. The second kappa shape index (κ2) is 6.12. The van der Waals surface area contributed by atoms with E-state index in [9.17, 15) is 0 Å². The van der Waals surface area contributed by atoms with E-state index < -0.39 is 0 Å². The van der Waals surface area contributed by atoms with Gasteiger partial charge in [0.1, 0.15) is 11.5 Å². The van der Waals surface area contributed by atoms with Crippen LogP contribution in [0.4, 0.5) is 0 Å². The maximum absolute atomic E-state index is 7.57. The molecule has 0 amide bonds. The Hall–Kier alpha value is -1.46. The summed E-state index contributed by atoms with van der Waals surface area (Å²) in [5.41, 5.74) is 7.24. The first-order valence-corrected chi connectivity index (χ1v) is 6.82. The van der Waals surface area contributed by atoms with Crippen LogP contribution >= 0.6 is 0 Å². The molecule has 0 unspecified atom stereocenters. The molecule has 0 aromatic carbocycles. The third-order valence-corrected chi connectivity index (χ3v) is 3.68. The van der Waals surface area contributed by atoms with Gasteiger partial charge in [-0.05, 0) is 25.5 Å². The number of rotatable bonds is 4. The summed E-state index contributed by atoms with van der Waals surface area (Å²) < 4.78 is 0. The van der Waals surface area contributed by atoms with Crippen molar-refractivity contribution in [2.75, 3.05) is 26.2 Å². The Morgan fingerprint density at radius 1 is 1.37 bits per heavy atom. The molecule has 5 heteroatoms. The van der Waals surface area contributed by atoms with Crippen molar-refractivity contribution in [3.05, 3.63) is 29.6 Å². The number of nitrogens with one attached hydrogen (secondary N) is 1. The van der Waals surface area contributed by atoms with E-state index >= 15 is 0 Å². The third-order valence-electron chi connectivity index (χ3n) is 3.68. The summed E-state index contributed by atoms with van der Waals surface area (Å²) in [5, 5.41) is 7.57. The molecular formula is C14H23N5. The summed E-state index contributed by atoms with van der Waals surface area (Å²) in [4.78, 5) is 9.10. The van der Waals surface area contributed by atoms with E-state index in [4.69, 9.17) is 11.1 Å². The first-order valence-electron chi connectivity index (χ1n) is 6.82. The number of nitrogen functional groups attached to an aromatic ring is 1. The third kappa shape index (κ3) is 3.52. The van der Waals surface area contributed by atoms with Gasteiger partial charge in [0.2, 0.25) is 0 Å². The summed E-state index contributed by atoms with van der Waals surface area (Å²) in [5.74, 6) is 0.0522. The van der Waals surface area contributed by atoms with Crippen molar-refractivity contribution in [1.29, 1.82) is 5.41 Å². The van der Waals surface area contributed by atoms with Crippen LogP contribution in [0.3, 0.4) is 0 Å². The van der Waals surface area contributed by atoms with Crippen molar-refractivity contribution in [2.45, 2.75) is 26.4 Å². The number of nitrogens with two attached hydrogens (primary N) is 1. The highest BCUT2D eigenvalue weighted by atomic mass is 15.3. The minimum Gasteiger partial charge on any atom is -0.382 e. The number of piperazine rings is 1. The quantitative estimate of drug-likeness (QED) is 0.624. The Labute approximate surface area is 114 Å². The van der Waals surface area contributed by atoms with Crippen molar-refractivity contribution < 1.29 is 0 Å². The summed E-state index contributed by atoms with van der Waals surface area (Å²) >= 11 is 0. The van der Waals surface area contributed by atoms with Crippen molar-refractivity contribution in [1.82, 2.24) is 14.8 Å². The fourth-order valence-corrected chi connectivity index (χ4v) is 2.49. The zero-order chi connectivity index (χ0) is 13.8. The van der Waals surface area contributed by atoms with E-state index in [0.29, 0.717) is 11.7 Å². The van der Waals surface area contributed by atoms with Crippen LogP contribution in [0.1, 0.15) is 25.1 Å². The smallest absolute Gasteiger partial charge is 0.142 e. The molecule has 0 atom stereocenters. The Morgan fingerprint density at radius 3 is 2.63 bits per heavy atom. The van der Waals surface area contributed by atoms with Gasteiger partial charge in [-0.2, -0.15) is 0 Å². The minimum atomic E-state index is 0.0522. The number of hydrogen-bond acceptors (Lipinski definition) is 4. The monoisotopic (exact) mass is 261 g/mol. The van der Waals surface area contributed by atoms with Crippen LogP contribution in [0.5, 0.6) is 0 Å². The second-order valence-electron chi connectivity index (χ2n) is 5.33. The lowest BCUT2D eigenvalue weighted by atomic mass is 10.1. The van der Waals surface area contributed by atoms with E-state index in [0.717, 1.165) is 38.3 Å². The van der Waals surface area contributed by atoms with Crippen LogP contribution in [0, 0.1) is 5.41 Å². The first-order chi connectivity index (χ1) is 9.08. The molecule has 2 heterocycles. The summed E-state index contributed by atoms with van der Waals surface area (Å²) in [6.07, 6.45) is 1.69. The Bertz CT molecular complexity index is 435. The lowest BCUT2D eigenvalue weighted by molar-refractivity contribution is 0.104. The topological polar surface area (TPSA) is 69.2 Å². The van der Waals surface area contributed by atoms with Gasteiger partial charge in [0, 0.05) is 45.0 Å². The number of aromatic nitrogens is 1. The Morgan fingerprint density at radius 2 is 2.05 bits per heavy atom. The number of pyridine rings is 1. The maximum Gasteiger partial charge on any atom is 0.142 e. The standard InChI is InChI=1S/C14H23N5/c1-11(2)19-8-6-18(7-9-19)10-12-4-3-5-17-13(12)14(15)16/h3-5,11H,6-10H2,1-2H3,(H3,15,16). The molecule has 1 aliphatic rings. The van der Waals surface area contributed by atoms with Crippen molar-refractivity contribution in [3.8, 4) is 0 Å². The zero-order valence-corrected chi connectivity index (χ0v) is 11.8. The Balaban J connectivity index is 1.98. The van der Waals surface area contributed by atoms with Gasteiger partial charge in [0.25, 0.3) is 0 Å². The average Bonchev–Trinajstić information content (AvgIpc) is 2.39. The molecule has 1 aliphatic heterocycles. The van der Waals surface area contributed by atoms with E-state index in [2.05, 4.69) is 28.6 Å². The molecular weight excluding hydrogens is 238 g/mol. The van der Waals surface area contributed by atoms with Crippen LogP contribution in [-0.2, 0) is 6.54 Å². The highest BCUT2D eigenvalue weighted by Gasteiger charge is 2.19. The van der Waals surface area contributed by atoms with E-state index in [1.54, 1.807) is 6.20 Å². The van der Waals surface area contributed by atoms with Crippen molar-refractivity contribution in [3.63, 3.8) is 0 Å². The van der Waals surface area contributed by atoms with Gasteiger partial charge in [-0.3, -0.25) is 20.2 Å². The molecule has 0 spiro atoms. The van der Waals surface area contributed by atoms with Crippen molar-refractivity contribution in [2.24, 2.45) is 5.73 Å². The second-order valence-corrected chi connectivity index (χ2v) is 5.33. The largest absolute Gasteiger partial charge is 0.382 e. The van der Waals surface area contributed by atoms with Gasteiger partial charge in [0.05, 0.1) is 0 Å². The first kappa shape index (κ1) is 14.0. The van der Waals surface area contributed by atoms with E-state index in [1.165, 1.54) is 0 Å². The average molecular weight is 261 g/mol. The molecule has 3 N–H and O–H groups in total. The molecule has 19 heavy (non-hydrogen) atoms. The molecule has 1 fully saturated rings. The molecule has 0 saturated carbocycles. The number of hydrogen-bond donors (Lipinski definition) is 2. The highest BCUT2D eigenvalue weighted by molar-refractivity contribution is 5.94. The molecule has 104 valence electrons. The number of nitrogens with zero attached hydrogens (tertiary/aromatic N) is 3. The number of amidine groups is 1. The molecule has 0 aliphatic carbocycles. The predicted molar refractivity (Wildman–Crippen MR) is 77.2 cm³/mol. The molecule has 1 saturated heterocycles. The van der Waals surface area contributed by atoms with Crippen LogP contribution < -0.4 is 5.73 Å². The molecule has 2 rings (SSSR count). The van der Waals surface area contributed by atoms with E-state index in [1.807, 2.05) is 12.1 Å². The summed E-state index contributed by atoms with van der Waals surface area (Å²) in [6.45, 7) is 9.64. The highest BCUT2D eigenvalue weighted by Crippen LogP contribution is 2.12. The lowest BCUT2D eigenvalue weighted by Gasteiger charge is -2.37. The summed E-state index contributed by atoms with van der Waals surface area (Å²) in [6, 6.07) is 4.54. The fraction of sp³-hybridized carbons (Fsp3) is 0.571.